The Labute approximate surface area is 149 Å². The molecule has 1 aromatic rings. The first kappa shape index (κ1) is 19.2. The number of methoxy groups -OCH3 is 2. The predicted octanol–water partition coefficient (Wildman–Crippen LogP) is 1.13. The number of allylic oxidation sites excluding steroid dienone is 2. The van der Waals surface area contributed by atoms with Crippen LogP contribution in [0.25, 0.3) is 0 Å². The molecule has 0 radical (unpaired) electrons. The van der Waals surface area contributed by atoms with Crippen molar-refractivity contribution in [1.29, 1.82) is 0 Å². The Bertz CT molecular complexity index is 943. The minimum absolute atomic E-state index is 0.179. The fourth-order valence-electron chi connectivity index (χ4n) is 2.21. The zero-order chi connectivity index (χ0) is 19.5. The van der Waals surface area contributed by atoms with Gasteiger partial charge in [-0.25, -0.2) is 9.59 Å². The van der Waals surface area contributed by atoms with Crippen molar-refractivity contribution in [3.63, 3.8) is 0 Å². The summed E-state index contributed by atoms with van der Waals surface area (Å²) in [4.78, 5) is 24.9. The molecule has 1 aliphatic heterocycles. The highest BCUT2D eigenvalue weighted by Gasteiger charge is 2.29. The molecule has 0 aliphatic carbocycles. The van der Waals surface area contributed by atoms with Gasteiger partial charge in [-0.05, 0) is 30.4 Å². The fraction of sp³-hybridized carbons (Fsp3) is 0.125. The molecule has 1 heterocycles. The molecule has 26 heavy (non-hydrogen) atoms. The topological polar surface area (TPSA) is 130 Å². The van der Waals surface area contributed by atoms with Gasteiger partial charge >= 0.3 is 11.9 Å². The van der Waals surface area contributed by atoms with E-state index in [1.165, 1.54) is 24.4 Å². The van der Waals surface area contributed by atoms with Gasteiger partial charge in [0, 0.05) is 6.20 Å². The molecule has 2 N–H and O–H groups in total. The maximum atomic E-state index is 12.3. The summed E-state index contributed by atoms with van der Waals surface area (Å²) in [6.45, 7) is 0. The van der Waals surface area contributed by atoms with Crippen molar-refractivity contribution < 1.29 is 37.1 Å². The number of hydrogen-bond donors (Lipinski definition) is 2. The first-order valence-electron chi connectivity index (χ1n) is 7.06. The minimum atomic E-state index is -4.57. The van der Waals surface area contributed by atoms with Gasteiger partial charge in [0.05, 0.1) is 30.4 Å². The average Bonchev–Trinajstić information content (AvgIpc) is 2.82. The third-order valence-corrected chi connectivity index (χ3v) is 4.24. The molecule has 0 saturated carbocycles. The zero-order valence-corrected chi connectivity index (χ0v) is 14.6. The van der Waals surface area contributed by atoms with Crippen LogP contribution >= 0.6 is 0 Å². The summed E-state index contributed by atoms with van der Waals surface area (Å²) < 4.78 is 41.3. The maximum absolute atomic E-state index is 12.3. The van der Waals surface area contributed by atoms with Crippen molar-refractivity contribution in [2.75, 3.05) is 19.1 Å². The fourth-order valence-corrected chi connectivity index (χ4v) is 2.71. The third kappa shape index (κ3) is 3.76. The molecular weight excluding hydrogens is 366 g/mol. The molecule has 1 aliphatic rings. The van der Waals surface area contributed by atoms with Crippen molar-refractivity contribution in [3.05, 3.63) is 53.9 Å². The number of carbonyl (C=O) groups is 2. The highest BCUT2D eigenvalue weighted by atomic mass is 32.2. The number of rotatable bonds is 4. The molecule has 0 amide bonds. The number of benzene rings is 1. The van der Waals surface area contributed by atoms with Crippen LogP contribution in [0.3, 0.4) is 0 Å². The molecule has 9 nitrogen and oxygen atoms in total. The van der Waals surface area contributed by atoms with E-state index in [-0.39, 0.29) is 17.0 Å². The number of phenolic OH excluding ortho intramolecular Hbond substituents is 1. The number of nitrogens with zero attached hydrogens (tertiary/aromatic N) is 1. The Morgan fingerprint density at radius 3 is 2.31 bits per heavy atom. The highest BCUT2D eigenvalue weighted by molar-refractivity contribution is 7.85. The summed E-state index contributed by atoms with van der Waals surface area (Å²) >= 11 is 0. The summed E-state index contributed by atoms with van der Waals surface area (Å²) in [5.74, 6) is -2.19. The first-order valence-corrected chi connectivity index (χ1v) is 8.50. The van der Waals surface area contributed by atoms with Gasteiger partial charge in [0.2, 0.25) is 0 Å². The lowest BCUT2D eigenvalue weighted by Crippen LogP contribution is -2.27. The third-order valence-electron chi connectivity index (χ3n) is 3.39. The van der Waals surface area contributed by atoms with Crippen molar-refractivity contribution in [1.82, 2.24) is 0 Å². The Morgan fingerprint density at radius 1 is 1.08 bits per heavy atom. The summed E-state index contributed by atoms with van der Waals surface area (Å²) in [6.07, 6.45) is 5.50. The molecule has 10 heteroatoms. The van der Waals surface area contributed by atoms with E-state index < -0.39 is 32.7 Å². The van der Waals surface area contributed by atoms with Gasteiger partial charge in [-0.3, -0.25) is 4.55 Å². The number of esters is 2. The molecule has 0 unspecified atom stereocenters. The quantitative estimate of drug-likeness (QED) is 0.582. The van der Waals surface area contributed by atoms with Crippen molar-refractivity contribution in [2.45, 2.75) is 4.90 Å². The lowest BCUT2D eigenvalue weighted by molar-refractivity contribution is -0.139. The van der Waals surface area contributed by atoms with Crippen molar-refractivity contribution in [3.8, 4) is 5.75 Å². The monoisotopic (exact) mass is 381 g/mol. The highest BCUT2D eigenvalue weighted by Crippen LogP contribution is 2.35. The van der Waals surface area contributed by atoms with Crippen LogP contribution < -0.4 is 4.90 Å². The predicted molar refractivity (Wildman–Crippen MR) is 89.7 cm³/mol. The van der Waals surface area contributed by atoms with Crippen LogP contribution in [-0.2, 0) is 29.2 Å². The second-order valence-corrected chi connectivity index (χ2v) is 6.36. The maximum Gasteiger partial charge on any atom is 0.355 e. The average molecular weight is 381 g/mol. The van der Waals surface area contributed by atoms with Crippen molar-refractivity contribution in [2.24, 2.45) is 0 Å². The van der Waals surface area contributed by atoms with Gasteiger partial charge in [-0.15, -0.1) is 0 Å². The van der Waals surface area contributed by atoms with E-state index in [1.807, 2.05) is 0 Å². The summed E-state index contributed by atoms with van der Waals surface area (Å²) in [5.41, 5.74) is -0.671. The smallest absolute Gasteiger partial charge is 0.355 e. The van der Waals surface area contributed by atoms with E-state index >= 15 is 0 Å². The van der Waals surface area contributed by atoms with Crippen LogP contribution in [-0.4, -0.2) is 44.2 Å². The molecular formula is C16H15NO8S. The van der Waals surface area contributed by atoms with Gasteiger partial charge in [-0.2, -0.15) is 8.42 Å². The Balaban J connectivity index is 2.77. The second-order valence-electron chi connectivity index (χ2n) is 4.94. The molecule has 0 bridgehead atoms. The van der Waals surface area contributed by atoms with E-state index in [1.54, 1.807) is 0 Å². The van der Waals surface area contributed by atoms with Gasteiger partial charge in [0.15, 0.2) is 0 Å². The number of anilines is 1. The van der Waals surface area contributed by atoms with E-state index in [4.69, 9.17) is 4.74 Å². The molecule has 0 saturated heterocycles. The van der Waals surface area contributed by atoms with Crippen molar-refractivity contribution >= 4 is 27.7 Å². The van der Waals surface area contributed by atoms with Gasteiger partial charge < -0.3 is 19.5 Å². The van der Waals surface area contributed by atoms with E-state index in [9.17, 15) is 27.7 Å². The van der Waals surface area contributed by atoms with Gasteiger partial charge in [0.25, 0.3) is 10.1 Å². The van der Waals surface area contributed by atoms with Crippen LogP contribution in [0.15, 0.2) is 58.8 Å². The van der Waals surface area contributed by atoms with Crippen LogP contribution in [0.4, 0.5) is 5.69 Å². The van der Waals surface area contributed by atoms with Crippen LogP contribution in [0.5, 0.6) is 5.75 Å². The lowest BCUT2D eigenvalue weighted by Gasteiger charge is -2.24. The summed E-state index contributed by atoms with van der Waals surface area (Å²) in [6, 6.07) is 2.95. The Hall–Kier alpha value is -3.11. The molecule has 1 aromatic carbocycles. The van der Waals surface area contributed by atoms with Crippen LogP contribution in [0.2, 0.25) is 0 Å². The summed E-state index contributed by atoms with van der Waals surface area (Å²) in [7, 11) is -2.35. The summed E-state index contributed by atoms with van der Waals surface area (Å²) in [5, 5.41) is 10.1. The van der Waals surface area contributed by atoms with Crippen LogP contribution in [0, 0.1) is 0 Å². The SMILES string of the molecule is COC(=O)C1=C(C(=O)OC)N(c2cc(S(=O)(=O)O)ccc2O)C=CC=C1. The molecule has 0 aromatic heterocycles. The molecule has 0 atom stereocenters. The Morgan fingerprint density at radius 2 is 1.73 bits per heavy atom. The number of carbonyl (C=O) groups excluding carboxylic acids is 2. The lowest BCUT2D eigenvalue weighted by atomic mass is 10.1. The molecule has 138 valence electrons. The Kier molecular flexibility index (Phi) is 5.48. The largest absolute Gasteiger partial charge is 0.506 e. The van der Waals surface area contributed by atoms with Gasteiger partial charge in [0.1, 0.15) is 11.4 Å². The molecule has 2 rings (SSSR count). The van der Waals surface area contributed by atoms with Crippen LogP contribution in [0.1, 0.15) is 0 Å². The van der Waals surface area contributed by atoms with Gasteiger partial charge in [-0.1, -0.05) is 6.08 Å². The van der Waals surface area contributed by atoms with E-state index in [0.29, 0.717) is 0 Å². The zero-order valence-electron chi connectivity index (χ0n) is 13.7. The number of ether oxygens (including phenoxy) is 2. The second kappa shape index (κ2) is 7.42. The first-order chi connectivity index (χ1) is 12.2. The number of phenols is 1. The molecule has 0 spiro atoms. The number of hydrogen-bond acceptors (Lipinski definition) is 8. The normalized spacial score (nSPS) is 14.2. The number of aromatic hydroxyl groups is 1. The minimum Gasteiger partial charge on any atom is -0.506 e. The van der Waals surface area contributed by atoms with E-state index in [0.717, 1.165) is 37.3 Å². The molecule has 0 fully saturated rings. The standard InChI is InChI=1S/C16H15NO8S/c1-24-15(19)11-5-3-4-8-17(14(11)16(20)25-2)12-9-10(26(21,22)23)6-7-13(12)18/h3-9,18H,1-2H3,(H,21,22,23). The van der Waals surface area contributed by atoms with E-state index in [2.05, 4.69) is 4.74 Å².